The van der Waals surface area contributed by atoms with Crippen molar-refractivity contribution in [2.24, 2.45) is 0 Å². The van der Waals surface area contributed by atoms with E-state index in [9.17, 15) is 9.18 Å². The molecule has 0 bridgehead atoms. The molecule has 4 aromatic rings. The Morgan fingerprint density at radius 1 is 1.12 bits per heavy atom. The van der Waals surface area contributed by atoms with Gasteiger partial charge in [-0.1, -0.05) is 17.3 Å². The van der Waals surface area contributed by atoms with Crippen LogP contribution in [0.15, 0.2) is 60.8 Å². The van der Waals surface area contributed by atoms with Crippen molar-refractivity contribution in [2.45, 2.75) is 26.5 Å². The summed E-state index contributed by atoms with van der Waals surface area (Å²) in [6.07, 6.45) is 2.26. The Hall–Kier alpha value is -4.14. The molecule has 0 unspecified atom stereocenters. The predicted octanol–water partition coefficient (Wildman–Crippen LogP) is 3.28. The molecular formula is C24H21FN6O2. The van der Waals surface area contributed by atoms with E-state index in [0.717, 1.165) is 22.6 Å². The number of aryl methyl sites for hydroxylation is 1. The lowest BCUT2D eigenvalue weighted by atomic mass is 10.1. The summed E-state index contributed by atoms with van der Waals surface area (Å²) in [7, 11) is 0. The summed E-state index contributed by atoms with van der Waals surface area (Å²) >= 11 is 0. The van der Waals surface area contributed by atoms with Gasteiger partial charge in [0.1, 0.15) is 23.8 Å². The third kappa shape index (κ3) is 4.30. The second-order valence-electron chi connectivity index (χ2n) is 7.75. The van der Waals surface area contributed by atoms with Crippen LogP contribution < -0.4 is 4.74 Å². The molecule has 8 nitrogen and oxygen atoms in total. The Morgan fingerprint density at radius 2 is 1.97 bits per heavy atom. The zero-order chi connectivity index (χ0) is 22.8. The van der Waals surface area contributed by atoms with Crippen LogP contribution in [0.5, 0.6) is 5.88 Å². The molecule has 1 aliphatic heterocycles. The summed E-state index contributed by atoms with van der Waals surface area (Å²) in [4.78, 5) is 23.3. The zero-order valence-corrected chi connectivity index (χ0v) is 18.0. The standard InChI is InChI=1S/C24H21FN6O2/c1-16-22(31(29-28-16)19-8-6-18(25)7-9-19)15-33-23-10-5-17-14-30(13-11-20(17)27-23)24(32)21-4-2-3-12-26-21/h2-10,12H,11,13-15H2,1H3. The molecule has 5 rings (SSSR count). The fourth-order valence-electron chi connectivity index (χ4n) is 3.78. The van der Waals surface area contributed by atoms with E-state index >= 15 is 0 Å². The summed E-state index contributed by atoms with van der Waals surface area (Å²) in [5.74, 6) is 0.0926. The minimum Gasteiger partial charge on any atom is -0.471 e. The van der Waals surface area contributed by atoms with E-state index in [4.69, 9.17) is 4.74 Å². The molecule has 4 heterocycles. The Bertz CT molecular complexity index is 1290. The van der Waals surface area contributed by atoms with Crippen molar-refractivity contribution >= 4 is 5.91 Å². The summed E-state index contributed by atoms with van der Waals surface area (Å²) in [6.45, 7) is 3.11. The van der Waals surface area contributed by atoms with Gasteiger partial charge in [-0.3, -0.25) is 9.78 Å². The maximum atomic E-state index is 13.3. The summed E-state index contributed by atoms with van der Waals surface area (Å²) in [5, 5.41) is 8.27. The number of fused-ring (bicyclic) bond motifs is 1. The summed E-state index contributed by atoms with van der Waals surface area (Å²) in [6, 6.07) is 15.1. The van der Waals surface area contributed by atoms with Gasteiger partial charge in [-0.15, -0.1) is 5.10 Å². The number of amides is 1. The predicted molar refractivity (Wildman–Crippen MR) is 117 cm³/mol. The van der Waals surface area contributed by atoms with Gasteiger partial charge in [0.15, 0.2) is 0 Å². The average Bonchev–Trinajstić information content (AvgIpc) is 3.23. The van der Waals surface area contributed by atoms with Crippen LogP contribution in [0.4, 0.5) is 4.39 Å². The van der Waals surface area contributed by atoms with E-state index in [1.54, 1.807) is 46.1 Å². The number of aromatic nitrogens is 5. The molecule has 0 aliphatic carbocycles. The van der Waals surface area contributed by atoms with Crippen LogP contribution in [0.2, 0.25) is 0 Å². The highest BCUT2D eigenvalue weighted by atomic mass is 19.1. The molecule has 0 N–H and O–H groups in total. The largest absolute Gasteiger partial charge is 0.471 e. The molecule has 9 heteroatoms. The molecule has 3 aromatic heterocycles. The number of benzene rings is 1. The first-order valence-electron chi connectivity index (χ1n) is 10.6. The van der Waals surface area contributed by atoms with Crippen LogP contribution in [-0.2, 0) is 19.6 Å². The molecule has 1 amide bonds. The molecule has 1 aromatic carbocycles. The van der Waals surface area contributed by atoms with E-state index < -0.39 is 0 Å². The number of carbonyl (C=O) groups is 1. The van der Waals surface area contributed by atoms with Crippen molar-refractivity contribution in [2.75, 3.05) is 6.54 Å². The smallest absolute Gasteiger partial charge is 0.272 e. The van der Waals surface area contributed by atoms with Gasteiger partial charge in [0.25, 0.3) is 5.91 Å². The van der Waals surface area contributed by atoms with Crippen molar-refractivity contribution in [3.8, 4) is 11.6 Å². The summed E-state index contributed by atoms with van der Waals surface area (Å²) in [5.41, 5.74) is 4.53. The second-order valence-corrected chi connectivity index (χ2v) is 7.75. The second kappa shape index (κ2) is 8.78. The molecule has 0 atom stereocenters. The summed E-state index contributed by atoms with van der Waals surface area (Å²) < 4.78 is 20.9. The van der Waals surface area contributed by atoms with E-state index in [1.807, 2.05) is 19.1 Å². The number of carbonyl (C=O) groups excluding carboxylic acids is 1. The molecule has 1 aliphatic rings. The van der Waals surface area contributed by atoms with Gasteiger partial charge in [-0.05, 0) is 48.9 Å². The Labute approximate surface area is 189 Å². The average molecular weight is 444 g/mol. The van der Waals surface area contributed by atoms with Gasteiger partial charge in [0.05, 0.1) is 17.1 Å². The lowest BCUT2D eigenvalue weighted by molar-refractivity contribution is 0.0727. The fourth-order valence-corrected chi connectivity index (χ4v) is 3.78. The lowest BCUT2D eigenvalue weighted by Gasteiger charge is -2.28. The Balaban J connectivity index is 1.28. The topological polar surface area (TPSA) is 86.0 Å². The third-order valence-corrected chi connectivity index (χ3v) is 5.58. The number of nitrogens with zero attached hydrogens (tertiary/aromatic N) is 6. The van der Waals surface area contributed by atoms with Crippen molar-refractivity contribution in [1.29, 1.82) is 0 Å². The van der Waals surface area contributed by atoms with E-state index in [0.29, 0.717) is 36.8 Å². The number of rotatable bonds is 5. The SMILES string of the molecule is Cc1nnn(-c2ccc(F)cc2)c1COc1ccc2c(n1)CCN(C(=O)c1ccccn1)C2. The van der Waals surface area contributed by atoms with Gasteiger partial charge < -0.3 is 9.64 Å². The lowest BCUT2D eigenvalue weighted by Crippen LogP contribution is -2.36. The normalized spacial score (nSPS) is 13.0. The molecule has 0 spiro atoms. The molecule has 0 saturated heterocycles. The Morgan fingerprint density at radius 3 is 2.76 bits per heavy atom. The molecule has 0 saturated carbocycles. The highest BCUT2D eigenvalue weighted by molar-refractivity contribution is 5.92. The van der Waals surface area contributed by atoms with E-state index in [1.165, 1.54) is 12.1 Å². The van der Waals surface area contributed by atoms with E-state index in [2.05, 4.69) is 20.3 Å². The number of pyridine rings is 2. The Kier molecular flexibility index (Phi) is 5.52. The quantitative estimate of drug-likeness (QED) is 0.470. The monoisotopic (exact) mass is 444 g/mol. The van der Waals surface area contributed by atoms with Crippen LogP contribution in [0.25, 0.3) is 5.69 Å². The minimum atomic E-state index is -0.313. The van der Waals surface area contributed by atoms with Crippen LogP contribution in [0.1, 0.15) is 33.1 Å². The van der Waals surface area contributed by atoms with E-state index in [-0.39, 0.29) is 18.3 Å². The fraction of sp³-hybridized carbons (Fsp3) is 0.208. The van der Waals surface area contributed by atoms with Gasteiger partial charge in [0.2, 0.25) is 5.88 Å². The molecular weight excluding hydrogens is 423 g/mol. The van der Waals surface area contributed by atoms with Gasteiger partial charge in [0, 0.05) is 31.8 Å². The highest BCUT2D eigenvalue weighted by Crippen LogP contribution is 2.23. The zero-order valence-electron chi connectivity index (χ0n) is 18.0. The van der Waals surface area contributed by atoms with Crippen LogP contribution >= 0.6 is 0 Å². The third-order valence-electron chi connectivity index (χ3n) is 5.58. The van der Waals surface area contributed by atoms with Crippen molar-refractivity contribution in [3.63, 3.8) is 0 Å². The first-order chi connectivity index (χ1) is 16.1. The van der Waals surface area contributed by atoms with Gasteiger partial charge >= 0.3 is 0 Å². The number of hydrogen-bond acceptors (Lipinski definition) is 6. The van der Waals surface area contributed by atoms with Crippen LogP contribution in [0.3, 0.4) is 0 Å². The first-order valence-corrected chi connectivity index (χ1v) is 10.6. The molecule has 0 radical (unpaired) electrons. The molecule has 0 fully saturated rings. The number of hydrogen-bond donors (Lipinski definition) is 0. The highest BCUT2D eigenvalue weighted by Gasteiger charge is 2.24. The van der Waals surface area contributed by atoms with Crippen molar-refractivity contribution in [1.82, 2.24) is 29.9 Å². The molecule has 166 valence electrons. The number of ether oxygens (including phenoxy) is 1. The minimum absolute atomic E-state index is 0.0846. The van der Waals surface area contributed by atoms with Gasteiger partial charge in [-0.25, -0.2) is 14.1 Å². The number of halogens is 1. The van der Waals surface area contributed by atoms with Crippen LogP contribution in [-0.4, -0.2) is 42.3 Å². The van der Waals surface area contributed by atoms with Crippen LogP contribution in [0, 0.1) is 12.7 Å². The maximum Gasteiger partial charge on any atom is 0.272 e. The van der Waals surface area contributed by atoms with Gasteiger partial charge in [-0.2, -0.15) is 0 Å². The first kappa shape index (κ1) is 20.7. The van der Waals surface area contributed by atoms with Crippen molar-refractivity contribution in [3.05, 3.63) is 95.0 Å². The van der Waals surface area contributed by atoms with Crippen molar-refractivity contribution < 1.29 is 13.9 Å². The molecule has 33 heavy (non-hydrogen) atoms. The maximum absolute atomic E-state index is 13.3.